The number of rotatable bonds is 3. The first-order valence-corrected chi connectivity index (χ1v) is 9.86. The van der Waals surface area contributed by atoms with Crippen LogP contribution in [0.2, 0.25) is 0 Å². The van der Waals surface area contributed by atoms with Crippen molar-refractivity contribution in [2.45, 2.75) is 53.1 Å². The molecule has 2 heterocycles. The highest BCUT2D eigenvalue weighted by Crippen LogP contribution is 2.38. The van der Waals surface area contributed by atoms with Gasteiger partial charge in [0.05, 0.1) is 12.7 Å². The van der Waals surface area contributed by atoms with Crippen LogP contribution in [-0.4, -0.2) is 42.8 Å². The van der Waals surface area contributed by atoms with Crippen molar-refractivity contribution in [1.29, 1.82) is 0 Å². The third-order valence-corrected chi connectivity index (χ3v) is 5.74. The molecule has 0 bridgehead atoms. The number of amides is 1. The monoisotopic (exact) mass is 379 g/mol. The number of esters is 1. The molecule has 1 saturated heterocycles. The van der Waals surface area contributed by atoms with Crippen LogP contribution in [0.1, 0.15) is 61.3 Å². The summed E-state index contributed by atoms with van der Waals surface area (Å²) in [5, 5.41) is 1.87. The molecule has 6 heteroatoms. The lowest BCUT2D eigenvalue weighted by Gasteiger charge is -2.34. The molecule has 0 spiro atoms. The van der Waals surface area contributed by atoms with Crippen molar-refractivity contribution in [3.8, 4) is 0 Å². The largest absolute Gasteiger partial charge is 0.465 e. The molecule has 1 amide bonds. The predicted molar refractivity (Wildman–Crippen MR) is 105 cm³/mol. The topological polar surface area (TPSA) is 55.8 Å². The Labute approximate surface area is 160 Å². The van der Waals surface area contributed by atoms with E-state index in [9.17, 15) is 9.59 Å². The van der Waals surface area contributed by atoms with E-state index < -0.39 is 5.60 Å². The Morgan fingerprint density at radius 1 is 1.27 bits per heavy atom. The zero-order valence-electron chi connectivity index (χ0n) is 16.5. The quantitative estimate of drug-likeness (QED) is 0.702. The number of likely N-dealkylation sites (tertiary alicyclic amines) is 1. The van der Waals surface area contributed by atoms with Crippen molar-refractivity contribution in [3.05, 3.63) is 27.5 Å². The third kappa shape index (κ3) is 4.67. The molecule has 1 aliphatic rings. The molecule has 0 radical (unpaired) electrons. The summed E-state index contributed by atoms with van der Waals surface area (Å²) in [5.41, 5.74) is 2.40. The number of methoxy groups -OCH3 is 1. The summed E-state index contributed by atoms with van der Waals surface area (Å²) < 4.78 is 10.3. The van der Waals surface area contributed by atoms with E-state index in [1.54, 1.807) is 16.2 Å². The summed E-state index contributed by atoms with van der Waals surface area (Å²) in [6, 6.07) is 0. The van der Waals surface area contributed by atoms with Crippen LogP contribution < -0.4 is 0 Å². The predicted octanol–water partition coefficient (Wildman–Crippen LogP) is 4.89. The van der Waals surface area contributed by atoms with E-state index in [-0.39, 0.29) is 12.1 Å². The zero-order chi connectivity index (χ0) is 19.5. The Morgan fingerprint density at radius 2 is 1.88 bits per heavy atom. The van der Waals surface area contributed by atoms with Gasteiger partial charge in [-0.15, -0.1) is 11.3 Å². The fourth-order valence-electron chi connectivity index (χ4n) is 3.26. The second-order valence-corrected chi connectivity index (χ2v) is 8.46. The van der Waals surface area contributed by atoms with E-state index in [1.165, 1.54) is 12.7 Å². The highest BCUT2D eigenvalue weighted by molar-refractivity contribution is 7.11. The minimum atomic E-state index is -0.471. The average molecular weight is 380 g/mol. The molecule has 0 atom stereocenters. The first kappa shape index (κ1) is 20.5. The second-order valence-electron chi connectivity index (χ2n) is 7.58. The van der Waals surface area contributed by atoms with Crippen LogP contribution in [0.15, 0.2) is 11.5 Å². The molecular formula is C20H29NO4S. The van der Waals surface area contributed by atoms with Gasteiger partial charge in [-0.1, -0.05) is 6.08 Å². The van der Waals surface area contributed by atoms with Crippen molar-refractivity contribution < 1.29 is 19.1 Å². The number of allylic oxidation sites excluding steroid dienone is 2. The van der Waals surface area contributed by atoms with Crippen molar-refractivity contribution in [1.82, 2.24) is 4.90 Å². The lowest BCUT2D eigenvalue weighted by atomic mass is 9.87. The normalized spacial score (nSPS) is 16.5. The molecule has 0 saturated carbocycles. The molecule has 1 aliphatic heterocycles. The number of thiophene rings is 1. The molecule has 2 rings (SSSR count). The van der Waals surface area contributed by atoms with Crippen LogP contribution in [0.3, 0.4) is 0 Å². The Bertz CT molecular complexity index is 691. The number of carbonyl (C=O) groups is 2. The Hall–Kier alpha value is -1.82. The van der Waals surface area contributed by atoms with Gasteiger partial charge in [-0.3, -0.25) is 0 Å². The van der Waals surface area contributed by atoms with Gasteiger partial charge < -0.3 is 14.4 Å². The lowest BCUT2D eigenvalue weighted by molar-refractivity contribution is 0.0199. The molecule has 1 aromatic heterocycles. The van der Waals surface area contributed by atoms with Gasteiger partial charge in [-0.25, -0.2) is 9.59 Å². The van der Waals surface area contributed by atoms with Crippen molar-refractivity contribution >= 4 is 29.0 Å². The van der Waals surface area contributed by atoms with Crippen LogP contribution in [0.5, 0.6) is 0 Å². The first-order valence-electron chi connectivity index (χ1n) is 8.98. The summed E-state index contributed by atoms with van der Waals surface area (Å²) in [6.45, 7) is 11.0. The van der Waals surface area contributed by atoms with Crippen molar-refractivity contribution in [2.24, 2.45) is 5.92 Å². The van der Waals surface area contributed by atoms with Gasteiger partial charge in [0.1, 0.15) is 5.60 Å². The van der Waals surface area contributed by atoms with Gasteiger partial charge >= 0.3 is 12.1 Å². The molecule has 0 aliphatic carbocycles. The molecule has 144 valence electrons. The maximum atomic E-state index is 12.2. The Kier molecular flexibility index (Phi) is 6.50. The molecule has 1 fully saturated rings. The smallest absolute Gasteiger partial charge is 0.410 e. The maximum absolute atomic E-state index is 12.2. The summed E-state index contributed by atoms with van der Waals surface area (Å²) in [7, 11) is 1.40. The summed E-state index contributed by atoms with van der Waals surface area (Å²) >= 11 is 1.59. The highest BCUT2D eigenvalue weighted by Gasteiger charge is 2.30. The summed E-state index contributed by atoms with van der Waals surface area (Å²) in [4.78, 5) is 27.0. The maximum Gasteiger partial charge on any atom is 0.410 e. The minimum absolute atomic E-state index is 0.238. The van der Waals surface area contributed by atoms with Gasteiger partial charge in [0.2, 0.25) is 0 Å². The van der Waals surface area contributed by atoms with Crippen LogP contribution >= 0.6 is 11.3 Å². The van der Waals surface area contributed by atoms with Crippen molar-refractivity contribution in [2.75, 3.05) is 20.2 Å². The average Bonchev–Trinajstić information content (AvgIpc) is 2.95. The fourth-order valence-corrected chi connectivity index (χ4v) is 4.48. The number of hydrogen-bond acceptors (Lipinski definition) is 5. The number of hydrogen-bond donors (Lipinski definition) is 0. The summed E-state index contributed by atoms with van der Waals surface area (Å²) in [5.74, 6) is 0.0849. The van der Waals surface area contributed by atoms with E-state index in [0.29, 0.717) is 24.6 Å². The zero-order valence-corrected chi connectivity index (χ0v) is 17.4. The van der Waals surface area contributed by atoms with Gasteiger partial charge in [0.25, 0.3) is 0 Å². The Morgan fingerprint density at radius 3 is 2.38 bits per heavy atom. The molecular weight excluding hydrogens is 350 g/mol. The second kappa shape index (κ2) is 8.25. The van der Waals surface area contributed by atoms with Crippen molar-refractivity contribution in [3.63, 3.8) is 0 Å². The number of ether oxygens (including phenoxy) is 2. The fraction of sp³-hybridized carbons (Fsp3) is 0.600. The number of carbonyl (C=O) groups excluding carboxylic acids is 2. The molecule has 0 unspecified atom stereocenters. The van der Waals surface area contributed by atoms with Crippen LogP contribution in [0.4, 0.5) is 4.79 Å². The SMILES string of the molecule is C/C=C(/c1scc(C(=O)OC)c1C)C1CCN(C(=O)OC(C)(C)C)CC1. The number of nitrogens with zero attached hydrogens (tertiary/aromatic N) is 1. The van der Waals surface area contributed by atoms with E-state index >= 15 is 0 Å². The van der Waals surface area contributed by atoms with Gasteiger partial charge in [-0.2, -0.15) is 0 Å². The minimum Gasteiger partial charge on any atom is -0.465 e. The number of piperidine rings is 1. The molecule has 26 heavy (non-hydrogen) atoms. The highest BCUT2D eigenvalue weighted by atomic mass is 32.1. The first-order chi connectivity index (χ1) is 12.2. The molecule has 0 aromatic carbocycles. The van der Waals surface area contributed by atoms with E-state index in [2.05, 4.69) is 6.08 Å². The van der Waals surface area contributed by atoms with Crippen LogP contribution in [-0.2, 0) is 9.47 Å². The third-order valence-electron chi connectivity index (χ3n) is 4.60. The van der Waals surface area contributed by atoms with Gasteiger partial charge in [0, 0.05) is 23.3 Å². The van der Waals surface area contributed by atoms with E-state index in [0.717, 1.165) is 23.3 Å². The van der Waals surface area contributed by atoms with Gasteiger partial charge in [-0.05, 0) is 64.5 Å². The summed E-state index contributed by atoms with van der Waals surface area (Å²) in [6.07, 6.45) is 3.68. The van der Waals surface area contributed by atoms with E-state index in [1.807, 2.05) is 40.0 Å². The molecule has 0 N–H and O–H groups in total. The standard InChI is InChI=1S/C20H29NO4S/c1-7-15(17-13(2)16(12-26-17)18(22)24-6)14-8-10-21(11-9-14)19(23)25-20(3,4)5/h7,12,14H,8-11H2,1-6H3/b15-7+. The van der Waals surface area contributed by atoms with Gasteiger partial charge in [0.15, 0.2) is 0 Å². The molecule has 1 aromatic rings. The Balaban J connectivity index is 2.07. The van der Waals surface area contributed by atoms with Crippen LogP contribution in [0.25, 0.3) is 5.57 Å². The van der Waals surface area contributed by atoms with Crippen LogP contribution in [0, 0.1) is 12.8 Å². The lowest BCUT2D eigenvalue weighted by Crippen LogP contribution is -2.41. The molecule has 5 nitrogen and oxygen atoms in total. The van der Waals surface area contributed by atoms with E-state index in [4.69, 9.17) is 9.47 Å².